The Morgan fingerprint density at radius 3 is 2.67 bits per heavy atom. The standard InChI is InChI=1S/C15H23N3O2S/c1-6-10-7-8-12(20-10)11(9-19-5)16-14-17-13(18-21-14)15(2,3)4/h7-8,11H,6,9H2,1-5H3,(H,16,17,18). The maximum atomic E-state index is 5.81. The molecule has 21 heavy (non-hydrogen) atoms. The molecule has 2 aromatic rings. The van der Waals surface area contributed by atoms with Crippen LogP contribution < -0.4 is 5.32 Å². The number of hydrogen-bond donors (Lipinski definition) is 1. The van der Waals surface area contributed by atoms with E-state index in [-0.39, 0.29) is 11.5 Å². The van der Waals surface area contributed by atoms with Crippen molar-refractivity contribution < 1.29 is 9.15 Å². The summed E-state index contributed by atoms with van der Waals surface area (Å²) in [5.41, 5.74) is -0.0484. The van der Waals surface area contributed by atoms with Crippen LogP contribution in [0.5, 0.6) is 0 Å². The van der Waals surface area contributed by atoms with E-state index in [1.54, 1.807) is 7.11 Å². The lowest BCUT2D eigenvalue weighted by Crippen LogP contribution is -2.16. The van der Waals surface area contributed by atoms with Gasteiger partial charge in [0.2, 0.25) is 5.13 Å². The topological polar surface area (TPSA) is 60.2 Å². The first-order valence-corrected chi connectivity index (χ1v) is 7.89. The van der Waals surface area contributed by atoms with E-state index < -0.39 is 0 Å². The molecular weight excluding hydrogens is 286 g/mol. The zero-order chi connectivity index (χ0) is 15.5. The molecule has 1 N–H and O–H groups in total. The van der Waals surface area contributed by atoms with Crippen LogP contribution >= 0.6 is 11.5 Å². The Morgan fingerprint density at radius 1 is 1.38 bits per heavy atom. The molecule has 0 aliphatic rings. The number of ether oxygens (including phenoxy) is 1. The summed E-state index contributed by atoms with van der Waals surface area (Å²) in [6.07, 6.45) is 0.882. The zero-order valence-corrected chi connectivity index (χ0v) is 14.1. The normalized spacial score (nSPS) is 13.4. The van der Waals surface area contributed by atoms with Crippen molar-refractivity contribution >= 4 is 16.7 Å². The van der Waals surface area contributed by atoms with Gasteiger partial charge in [-0.25, -0.2) is 4.98 Å². The summed E-state index contributed by atoms with van der Waals surface area (Å²) in [5, 5.41) is 4.14. The summed E-state index contributed by atoms with van der Waals surface area (Å²) in [6, 6.07) is 3.93. The van der Waals surface area contributed by atoms with Crippen LogP contribution in [-0.2, 0) is 16.6 Å². The molecule has 2 rings (SSSR count). The minimum Gasteiger partial charge on any atom is -0.464 e. The molecule has 5 nitrogen and oxygen atoms in total. The van der Waals surface area contributed by atoms with Crippen LogP contribution in [0.25, 0.3) is 0 Å². The Balaban J connectivity index is 2.14. The van der Waals surface area contributed by atoms with E-state index in [1.165, 1.54) is 11.5 Å². The summed E-state index contributed by atoms with van der Waals surface area (Å²) in [4.78, 5) is 4.56. The predicted molar refractivity (Wildman–Crippen MR) is 84.9 cm³/mol. The average molecular weight is 309 g/mol. The van der Waals surface area contributed by atoms with Gasteiger partial charge in [0.15, 0.2) is 0 Å². The molecule has 116 valence electrons. The molecular formula is C15H23N3O2S. The van der Waals surface area contributed by atoms with Crippen LogP contribution in [0.3, 0.4) is 0 Å². The lowest BCUT2D eigenvalue weighted by Gasteiger charge is -2.15. The van der Waals surface area contributed by atoms with E-state index in [0.717, 1.165) is 28.9 Å². The number of aromatic nitrogens is 2. The van der Waals surface area contributed by atoms with Crippen LogP contribution in [0, 0.1) is 0 Å². The molecule has 1 unspecified atom stereocenters. The molecule has 0 bridgehead atoms. The van der Waals surface area contributed by atoms with Gasteiger partial charge in [0.1, 0.15) is 23.4 Å². The first kappa shape index (κ1) is 16.0. The summed E-state index contributed by atoms with van der Waals surface area (Å²) in [6.45, 7) is 8.89. The van der Waals surface area contributed by atoms with E-state index in [2.05, 4.69) is 42.4 Å². The maximum absolute atomic E-state index is 5.81. The molecule has 0 amide bonds. The van der Waals surface area contributed by atoms with E-state index in [4.69, 9.17) is 9.15 Å². The van der Waals surface area contributed by atoms with E-state index in [9.17, 15) is 0 Å². The highest BCUT2D eigenvalue weighted by molar-refractivity contribution is 7.09. The lowest BCUT2D eigenvalue weighted by atomic mass is 9.96. The van der Waals surface area contributed by atoms with Gasteiger partial charge in [0.05, 0.1) is 6.61 Å². The molecule has 2 heterocycles. The first-order valence-electron chi connectivity index (χ1n) is 7.12. The Hall–Kier alpha value is -1.40. The second-order valence-electron chi connectivity index (χ2n) is 5.98. The van der Waals surface area contributed by atoms with Crippen LogP contribution in [0.4, 0.5) is 5.13 Å². The zero-order valence-electron chi connectivity index (χ0n) is 13.3. The minimum absolute atomic E-state index is 0.0484. The number of aryl methyl sites for hydroxylation is 1. The van der Waals surface area contributed by atoms with Crippen molar-refractivity contribution in [2.45, 2.75) is 45.6 Å². The summed E-state index contributed by atoms with van der Waals surface area (Å²) in [5.74, 6) is 2.68. The fourth-order valence-electron chi connectivity index (χ4n) is 1.87. The lowest BCUT2D eigenvalue weighted by molar-refractivity contribution is 0.178. The quantitative estimate of drug-likeness (QED) is 0.879. The largest absolute Gasteiger partial charge is 0.464 e. The molecule has 0 radical (unpaired) electrons. The van der Waals surface area contributed by atoms with Gasteiger partial charge in [0, 0.05) is 30.5 Å². The van der Waals surface area contributed by atoms with Gasteiger partial charge in [0.25, 0.3) is 0 Å². The highest BCUT2D eigenvalue weighted by Crippen LogP contribution is 2.27. The van der Waals surface area contributed by atoms with Crippen molar-refractivity contribution in [3.63, 3.8) is 0 Å². The third kappa shape index (κ3) is 4.04. The number of anilines is 1. The third-order valence-electron chi connectivity index (χ3n) is 3.10. The number of methoxy groups -OCH3 is 1. The van der Waals surface area contributed by atoms with Gasteiger partial charge in [-0.2, -0.15) is 4.37 Å². The van der Waals surface area contributed by atoms with Crippen molar-refractivity contribution in [3.05, 3.63) is 29.5 Å². The van der Waals surface area contributed by atoms with Crippen LogP contribution in [-0.4, -0.2) is 23.1 Å². The molecule has 6 heteroatoms. The van der Waals surface area contributed by atoms with E-state index in [1.807, 2.05) is 12.1 Å². The predicted octanol–water partition coefficient (Wildman–Crippen LogP) is 3.79. The van der Waals surface area contributed by atoms with Gasteiger partial charge >= 0.3 is 0 Å². The fraction of sp³-hybridized carbons (Fsp3) is 0.600. The van der Waals surface area contributed by atoms with E-state index >= 15 is 0 Å². The van der Waals surface area contributed by atoms with Crippen LogP contribution in [0.15, 0.2) is 16.5 Å². The van der Waals surface area contributed by atoms with Gasteiger partial charge in [-0.1, -0.05) is 27.7 Å². The molecule has 1 atom stereocenters. The second kappa shape index (κ2) is 6.58. The number of nitrogens with zero attached hydrogens (tertiary/aromatic N) is 2. The number of nitrogens with one attached hydrogen (secondary N) is 1. The summed E-state index contributed by atoms with van der Waals surface area (Å²) < 4.78 is 15.5. The first-order chi connectivity index (χ1) is 9.94. The molecule has 0 saturated heterocycles. The SMILES string of the molecule is CCc1ccc(C(COC)Nc2nc(C(C)(C)C)ns2)o1. The highest BCUT2D eigenvalue weighted by atomic mass is 32.1. The third-order valence-corrected chi connectivity index (χ3v) is 3.75. The highest BCUT2D eigenvalue weighted by Gasteiger charge is 2.22. The minimum atomic E-state index is -0.0592. The summed E-state index contributed by atoms with van der Waals surface area (Å²) in [7, 11) is 1.68. The van der Waals surface area contributed by atoms with Crippen molar-refractivity contribution in [2.75, 3.05) is 19.0 Å². The molecule has 0 fully saturated rings. The fourth-order valence-corrected chi connectivity index (χ4v) is 2.68. The smallest absolute Gasteiger partial charge is 0.203 e. The Kier molecular flexibility index (Phi) is 5.00. The van der Waals surface area contributed by atoms with Crippen molar-refractivity contribution in [1.29, 1.82) is 0 Å². The van der Waals surface area contributed by atoms with Crippen molar-refractivity contribution in [2.24, 2.45) is 0 Å². The second-order valence-corrected chi connectivity index (χ2v) is 6.73. The molecule has 0 aliphatic heterocycles. The van der Waals surface area contributed by atoms with E-state index in [0.29, 0.717) is 6.61 Å². The Bertz CT molecular complexity index is 571. The number of hydrogen-bond acceptors (Lipinski definition) is 6. The average Bonchev–Trinajstić information content (AvgIpc) is 3.06. The molecule has 0 aromatic carbocycles. The Labute approximate surface area is 129 Å². The maximum Gasteiger partial charge on any atom is 0.203 e. The molecule has 0 spiro atoms. The van der Waals surface area contributed by atoms with Crippen molar-refractivity contribution in [1.82, 2.24) is 9.36 Å². The van der Waals surface area contributed by atoms with Crippen LogP contribution in [0.2, 0.25) is 0 Å². The number of furan rings is 1. The number of rotatable bonds is 6. The van der Waals surface area contributed by atoms with Gasteiger partial charge in [-0.3, -0.25) is 0 Å². The van der Waals surface area contributed by atoms with Crippen molar-refractivity contribution in [3.8, 4) is 0 Å². The van der Waals surface area contributed by atoms with Gasteiger partial charge in [-0.05, 0) is 12.1 Å². The molecule has 2 aromatic heterocycles. The van der Waals surface area contributed by atoms with Gasteiger partial charge < -0.3 is 14.5 Å². The van der Waals surface area contributed by atoms with Gasteiger partial charge in [-0.15, -0.1) is 0 Å². The molecule has 0 saturated carbocycles. The monoisotopic (exact) mass is 309 g/mol. The summed E-state index contributed by atoms with van der Waals surface area (Å²) >= 11 is 1.37. The Morgan fingerprint density at radius 2 is 2.14 bits per heavy atom. The van der Waals surface area contributed by atoms with Crippen LogP contribution in [0.1, 0.15) is 51.1 Å². The molecule has 0 aliphatic carbocycles.